The van der Waals surface area contributed by atoms with Crippen LogP contribution in [0, 0.1) is 11.3 Å². The lowest BCUT2D eigenvalue weighted by atomic mass is 9.49. The summed E-state index contributed by atoms with van der Waals surface area (Å²) in [5.74, 6) is 0.0744. The number of esters is 1. The van der Waals surface area contributed by atoms with E-state index in [1.54, 1.807) is 6.92 Å². The van der Waals surface area contributed by atoms with Crippen LogP contribution in [0.5, 0.6) is 0 Å². The maximum Gasteiger partial charge on any atom is 0.312 e. The summed E-state index contributed by atoms with van der Waals surface area (Å²) in [6.07, 6.45) is 4.43. The molecule has 0 aromatic heterocycles. The summed E-state index contributed by atoms with van der Waals surface area (Å²) in [6.45, 7) is 12.3. The van der Waals surface area contributed by atoms with E-state index in [9.17, 15) is 13.2 Å². The highest BCUT2D eigenvalue weighted by Crippen LogP contribution is 2.58. The predicted molar refractivity (Wildman–Crippen MR) is 117 cm³/mol. The molecular weight excluding hydrogens is 400 g/mol. The number of hydrogen-bond donors (Lipinski definition) is 0. The lowest BCUT2D eigenvalue weighted by Gasteiger charge is -2.54. The van der Waals surface area contributed by atoms with Gasteiger partial charge in [0.1, 0.15) is 0 Å². The molecule has 30 heavy (non-hydrogen) atoms. The lowest BCUT2D eigenvalue weighted by molar-refractivity contribution is -0.164. The minimum absolute atomic E-state index is 0.0715. The monoisotopic (exact) mass is 436 g/mol. The van der Waals surface area contributed by atoms with E-state index >= 15 is 0 Å². The second-order valence-corrected chi connectivity index (χ2v) is 11.1. The Balaban J connectivity index is 2.18. The SMILES string of the molecule is CCOC(=O)[C@]1(C)CCC[C@]2(C)c3cc(S(=O)(=O)OCC)c(C(C)C)cc3CC[C@@H]12. The summed E-state index contributed by atoms with van der Waals surface area (Å²) >= 11 is 0. The molecule has 0 spiro atoms. The summed E-state index contributed by atoms with van der Waals surface area (Å²) in [5, 5.41) is 0. The Morgan fingerprint density at radius 2 is 1.87 bits per heavy atom. The summed E-state index contributed by atoms with van der Waals surface area (Å²) in [6, 6.07) is 3.93. The van der Waals surface area contributed by atoms with Gasteiger partial charge in [0, 0.05) is 0 Å². The summed E-state index contributed by atoms with van der Waals surface area (Å²) in [4.78, 5) is 13.2. The molecule has 0 radical (unpaired) electrons. The van der Waals surface area contributed by atoms with Crippen LogP contribution < -0.4 is 0 Å². The van der Waals surface area contributed by atoms with E-state index in [4.69, 9.17) is 8.92 Å². The third kappa shape index (κ3) is 3.70. The third-order valence-electron chi connectivity index (χ3n) is 7.39. The van der Waals surface area contributed by atoms with Crippen molar-refractivity contribution in [2.45, 2.75) is 89.9 Å². The fourth-order valence-corrected chi connectivity index (χ4v) is 7.23. The second kappa shape index (κ2) is 8.27. The minimum atomic E-state index is -3.83. The second-order valence-electron chi connectivity index (χ2n) is 9.56. The first-order chi connectivity index (χ1) is 14.0. The largest absolute Gasteiger partial charge is 0.466 e. The zero-order valence-electron chi connectivity index (χ0n) is 19.2. The van der Waals surface area contributed by atoms with E-state index in [2.05, 4.69) is 13.0 Å². The topological polar surface area (TPSA) is 69.7 Å². The Labute approximate surface area is 181 Å². The summed E-state index contributed by atoms with van der Waals surface area (Å²) in [5.41, 5.74) is 2.28. The van der Waals surface area contributed by atoms with E-state index in [0.29, 0.717) is 6.61 Å². The van der Waals surface area contributed by atoms with Crippen molar-refractivity contribution in [3.8, 4) is 0 Å². The number of carbonyl (C=O) groups is 1. The maximum absolute atomic E-state index is 12.9. The zero-order chi connectivity index (χ0) is 22.3. The summed E-state index contributed by atoms with van der Waals surface area (Å²) in [7, 11) is -3.83. The molecule has 0 bridgehead atoms. The first kappa shape index (κ1) is 23.3. The number of aryl methyl sites for hydroxylation is 1. The van der Waals surface area contributed by atoms with E-state index in [0.717, 1.165) is 43.2 Å². The Morgan fingerprint density at radius 3 is 2.47 bits per heavy atom. The van der Waals surface area contributed by atoms with Gasteiger partial charge in [0.2, 0.25) is 0 Å². The Morgan fingerprint density at radius 1 is 1.17 bits per heavy atom. The van der Waals surface area contributed by atoms with Crippen LogP contribution in [0.3, 0.4) is 0 Å². The molecule has 0 aliphatic heterocycles. The van der Waals surface area contributed by atoms with Crippen LogP contribution in [0.2, 0.25) is 0 Å². The highest BCUT2D eigenvalue weighted by Gasteiger charge is 2.56. The quantitative estimate of drug-likeness (QED) is 0.458. The van der Waals surface area contributed by atoms with Gasteiger partial charge >= 0.3 is 5.97 Å². The third-order valence-corrected chi connectivity index (χ3v) is 8.83. The van der Waals surface area contributed by atoms with E-state index in [1.807, 2.05) is 33.8 Å². The molecule has 5 nitrogen and oxygen atoms in total. The Kier molecular flexibility index (Phi) is 6.41. The summed E-state index contributed by atoms with van der Waals surface area (Å²) < 4.78 is 36.5. The van der Waals surface area contributed by atoms with Crippen molar-refractivity contribution in [2.75, 3.05) is 13.2 Å². The van der Waals surface area contributed by atoms with Gasteiger partial charge in [0.05, 0.1) is 23.5 Å². The van der Waals surface area contributed by atoms with Crippen molar-refractivity contribution in [3.63, 3.8) is 0 Å². The Bertz CT molecular complexity index is 920. The van der Waals surface area contributed by atoms with Gasteiger partial charge < -0.3 is 4.74 Å². The fourth-order valence-electron chi connectivity index (χ4n) is 5.94. The number of rotatable bonds is 6. The Hall–Kier alpha value is -1.40. The molecule has 0 unspecified atom stereocenters. The molecule has 3 atom stereocenters. The highest BCUT2D eigenvalue weighted by molar-refractivity contribution is 7.86. The molecule has 1 aromatic rings. The smallest absolute Gasteiger partial charge is 0.312 e. The van der Waals surface area contributed by atoms with Gasteiger partial charge in [-0.15, -0.1) is 0 Å². The molecule has 2 aliphatic rings. The van der Waals surface area contributed by atoms with Crippen molar-refractivity contribution in [1.82, 2.24) is 0 Å². The molecule has 1 aromatic carbocycles. The maximum atomic E-state index is 12.9. The average molecular weight is 437 g/mol. The molecule has 0 heterocycles. The van der Waals surface area contributed by atoms with Gasteiger partial charge in [-0.25, -0.2) is 0 Å². The minimum Gasteiger partial charge on any atom is -0.466 e. The highest BCUT2D eigenvalue weighted by atomic mass is 32.2. The van der Waals surface area contributed by atoms with Crippen LogP contribution in [0.15, 0.2) is 17.0 Å². The zero-order valence-corrected chi connectivity index (χ0v) is 20.0. The van der Waals surface area contributed by atoms with Crippen molar-refractivity contribution in [1.29, 1.82) is 0 Å². The number of carbonyl (C=O) groups excluding carboxylic acids is 1. The van der Waals surface area contributed by atoms with Gasteiger partial charge in [0.25, 0.3) is 10.1 Å². The molecule has 0 N–H and O–H groups in total. The van der Waals surface area contributed by atoms with Gasteiger partial charge in [-0.3, -0.25) is 8.98 Å². The average Bonchev–Trinajstić information content (AvgIpc) is 2.67. The van der Waals surface area contributed by atoms with Crippen molar-refractivity contribution >= 4 is 16.1 Å². The van der Waals surface area contributed by atoms with E-state index in [1.165, 1.54) is 5.56 Å². The van der Waals surface area contributed by atoms with Crippen molar-refractivity contribution in [3.05, 3.63) is 28.8 Å². The van der Waals surface area contributed by atoms with E-state index < -0.39 is 15.5 Å². The standard InChI is InChI=1S/C24H36O5S/c1-7-28-22(25)24(6)13-9-12-23(5)19-15-20(30(26,27)29-8-2)18(16(3)4)14-17(19)10-11-21(23)24/h14-16,21H,7-13H2,1-6H3/t21-,23-,24-/m1/s1. The first-order valence-electron chi connectivity index (χ1n) is 11.2. The normalized spacial score (nSPS) is 28.7. The van der Waals surface area contributed by atoms with Crippen LogP contribution in [0.4, 0.5) is 0 Å². The van der Waals surface area contributed by atoms with Gasteiger partial charge in [0.15, 0.2) is 0 Å². The molecule has 2 aliphatic carbocycles. The predicted octanol–water partition coefficient (Wildman–Crippen LogP) is 5.11. The van der Waals surface area contributed by atoms with E-state index in [-0.39, 0.29) is 34.7 Å². The number of benzene rings is 1. The fraction of sp³-hybridized carbons (Fsp3) is 0.708. The molecule has 0 saturated heterocycles. The molecule has 0 amide bonds. The number of ether oxygens (including phenoxy) is 1. The van der Waals surface area contributed by atoms with Crippen LogP contribution in [0.1, 0.15) is 89.8 Å². The van der Waals surface area contributed by atoms with Gasteiger partial charge in [-0.1, -0.05) is 33.3 Å². The van der Waals surface area contributed by atoms with Crippen LogP contribution in [-0.2, 0) is 35.7 Å². The lowest BCUT2D eigenvalue weighted by Crippen LogP contribution is -2.53. The van der Waals surface area contributed by atoms with Crippen LogP contribution in [-0.4, -0.2) is 27.6 Å². The van der Waals surface area contributed by atoms with Crippen molar-refractivity contribution in [2.24, 2.45) is 11.3 Å². The number of fused-ring (bicyclic) bond motifs is 3. The number of hydrogen-bond acceptors (Lipinski definition) is 5. The molecule has 1 saturated carbocycles. The first-order valence-corrected chi connectivity index (χ1v) is 12.7. The van der Waals surface area contributed by atoms with Crippen molar-refractivity contribution < 1.29 is 22.1 Å². The molecule has 168 valence electrons. The van der Waals surface area contributed by atoms with Gasteiger partial charge in [-0.2, -0.15) is 8.42 Å². The van der Waals surface area contributed by atoms with Crippen LogP contribution in [0.25, 0.3) is 0 Å². The molecule has 6 heteroatoms. The molecule has 3 rings (SSSR count). The molecule has 1 fully saturated rings. The molecular formula is C24H36O5S. The van der Waals surface area contributed by atoms with Crippen LogP contribution >= 0.6 is 0 Å². The van der Waals surface area contributed by atoms with Gasteiger partial charge in [-0.05, 0) is 86.5 Å².